The van der Waals surface area contributed by atoms with Gasteiger partial charge in [-0.25, -0.2) is 9.37 Å². The van der Waals surface area contributed by atoms with Gasteiger partial charge in [0.15, 0.2) is 0 Å². The van der Waals surface area contributed by atoms with Crippen LogP contribution in [0.15, 0.2) is 48.5 Å². The van der Waals surface area contributed by atoms with E-state index in [1.807, 2.05) is 38.2 Å². The highest BCUT2D eigenvalue weighted by atomic mass is 19.1. The largest absolute Gasteiger partial charge is 0.330 e. The lowest BCUT2D eigenvalue weighted by atomic mass is 10.2. The number of nitrogens with one attached hydrogen (secondary N) is 1. The van der Waals surface area contributed by atoms with E-state index in [1.165, 1.54) is 6.07 Å². The molecule has 1 N–H and O–H groups in total. The molecule has 3 nitrogen and oxygen atoms in total. The maximum atomic E-state index is 13.6. The van der Waals surface area contributed by atoms with Crippen molar-refractivity contribution in [1.29, 1.82) is 0 Å². The molecule has 0 bridgehead atoms. The molecule has 0 aliphatic carbocycles. The normalized spacial score (nSPS) is 12.7. The standard InChI is InChI=1S/C17H18FN3/c1-12(19-11-13-7-3-4-8-14(13)18)17-20-15-9-5-6-10-16(15)21(17)2/h3-10,12,19H,11H2,1-2H3. The summed E-state index contributed by atoms with van der Waals surface area (Å²) >= 11 is 0. The highest BCUT2D eigenvalue weighted by Gasteiger charge is 2.14. The molecule has 1 unspecified atom stereocenters. The van der Waals surface area contributed by atoms with Crippen LogP contribution in [0, 0.1) is 5.82 Å². The molecule has 3 aromatic rings. The first-order valence-corrected chi connectivity index (χ1v) is 7.05. The van der Waals surface area contributed by atoms with Crippen molar-refractivity contribution in [2.24, 2.45) is 7.05 Å². The Morgan fingerprint density at radius 3 is 2.62 bits per heavy atom. The minimum atomic E-state index is -0.179. The lowest BCUT2D eigenvalue weighted by Crippen LogP contribution is -2.21. The highest BCUT2D eigenvalue weighted by molar-refractivity contribution is 5.75. The first kappa shape index (κ1) is 13.8. The zero-order chi connectivity index (χ0) is 14.8. The smallest absolute Gasteiger partial charge is 0.127 e. The van der Waals surface area contributed by atoms with Crippen LogP contribution in [-0.2, 0) is 13.6 Å². The first-order chi connectivity index (χ1) is 10.2. The second kappa shape index (κ2) is 5.66. The van der Waals surface area contributed by atoms with Gasteiger partial charge >= 0.3 is 0 Å². The Bertz CT molecular complexity index is 764. The number of para-hydroxylation sites is 2. The Morgan fingerprint density at radius 1 is 1.14 bits per heavy atom. The number of imidazole rings is 1. The number of hydrogen-bond donors (Lipinski definition) is 1. The minimum Gasteiger partial charge on any atom is -0.330 e. The molecule has 0 fully saturated rings. The predicted molar refractivity (Wildman–Crippen MR) is 82.4 cm³/mol. The average Bonchev–Trinajstić information content (AvgIpc) is 2.84. The topological polar surface area (TPSA) is 29.9 Å². The molecule has 1 atom stereocenters. The van der Waals surface area contributed by atoms with Gasteiger partial charge in [0.05, 0.1) is 17.1 Å². The van der Waals surface area contributed by atoms with Gasteiger partial charge in [-0.3, -0.25) is 0 Å². The van der Waals surface area contributed by atoms with Crippen LogP contribution in [-0.4, -0.2) is 9.55 Å². The number of hydrogen-bond acceptors (Lipinski definition) is 2. The molecule has 0 spiro atoms. The van der Waals surface area contributed by atoms with Crippen molar-refractivity contribution in [3.05, 3.63) is 65.7 Å². The van der Waals surface area contributed by atoms with Crippen LogP contribution in [0.25, 0.3) is 11.0 Å². The summed E-state index contributed by atoms with van der Waals surface area (Å²) in [6, 6.07) is 14.9. The van der Waals surface area contributed by atoms with Gasteiger partial charge in [0.25, 0.3) is 0 Å². The van der Waals surface area contributed by atoms with Crippen molar-refractivity contribution in [1.82, 2.24) is 14.9 Å². The van der Waals surface area contributed by atoms with Crippen LogP contribution in [0.4, 0.5) is 4.39 Å². The molecular formula is C17H18FN3. The van der Waals surface area contributed by atoms with E-state index >= 15 is 0 Å². The lowest BCUT2D eigenvalue weighted by molar-refractivity contribution is 0.516. The van der Waals surface area contributed by atoms with Crippen LogP contribution >= 0.6 is 0 Å². The summed E-state index contributed by atoms with van der Waals surface area (Å²) in [7, 11) is 2.01. The number of fused-ring (bicyclic) bond motifs is 1. The summed E-state index contributed by atoms with van der Waals surface area (Å²) in [5.41, 5.74) is 2.75. The number of aromatic nitrogens is 2. The summed E-state index contributed by atoms with van der Waals surface area (Å²) < 4.78 is 15.7. The lowest BCUT2D eigenvalue weighted by Gasteiger charge is -2.14. The molecule has 1 aromatic heterocycles. The summed E-state index contributed by atoms with van der Waals surface area (Å²) in [6.07, 6.45) is 0. The van der Waals surface area contributed by atoms with Crippen LogP contribution in [0.1, 0.15) is 24.4 Å². The zero-order valence-corrected chi connectivity index (χ0v) is 12.2. The van der Waals surface area contributed by atoms with Crippen molar-refractivity contribution >= 4 is 11.0 Å². The van der Waals surface area contributed by atoms with E-state index in [1.54, 1.807) is 12.1 Å². The minimum absolute atomic E-state index is 0.0435. The third kappa shape index (κ3) is 2.67. The van der Waals surface area contributed by atoms with Gasteiger partial charge in [0.2, 0.25) is 0 Å². The summed E-state index contributed by atoms with van der Waals surface area (Å²) in [5, 5.41) is 3.33. The van der Waals surface area contributed by atoms with Crippen molar-refractivity contribution in [3.8, 4) is 0 Å². The van der Waals surface area contributed by atoms with E-state index in [4.69, 9.17) is 0 Å². The molecule has 0 aliphatic heterocycles. The molecule has 0 saturated carbocycles. The second-order valence-corrected chi connectivity index (χ2v) is 5.21. The SMILES string of the molecule is CC(NCc1ccccc1F)c1nc2ccccc2n1C. The molecule has 2 aromatic carbocycles. The summed E-state index contributed by atoms with van der Waals surface area (Å²) in [6.45, 7) is 2.53. The Balaban J connectivity index is 1.80. The predicted octanol–water partition coefficient (Wildman–Crippen LogP) is 3.56. The van der Waals surface area contributed by atoms with Crippen molar-refractivity contribution in [2.45, 2.75) is 19.5 Å². The third-order valence-electron chi connectivity index (χ3n) is 3.77. The number of rotatable bonds is 4. The first-order valence-electron chi connectivity index (χ1n) is 7.05. The van der Waals surface area contributed by atoms with Gasteiger partial charge in [-0.1, -0.05) is 30.3 Å². The fraction of sp³-hybridized carbons (Fsp3) is 0.235. The summed E-state index contributed by atoms with van der Waals surface area (Å²) in [4.78, 5) is 4.65. The van der Waals surface area contributed by atoms with Crippen molar-refractivity contribution < 1.29 is 4.39 Å². The van der Waals surface area contributed by atoms with E-state index in [0.717, 1.165) is 16.9 Å². The Hall–Kier alpha value is -2.20. The molecule has 0 saturated heterocycles. The van der Waals surface area contributed by atoms with E-state index < -0.39 is 0 Å². The Kier molecular flexibility index (Phi) is 3.71. The fourth-order valence-electron chi connectivity index (χ4n) is 2.55. The number of benzene rings is 2. The average molecular weight is 283 g/mol. The monoisotopic (exact) mass is 283 g/mol. The van der Waals surface area contributed by atoms with E-state index in [9.17, 15) is 4.39 Å². The van der Waals surface area contributed by atoms with E-state index in [0.29, 0.717) is 12.1 Å². The van der Waals surface area contributed by atoms with Crippen LogP contribution in [0.5, 0.6) is 0 Å². The van der Waals surface area contributed by atoms with Gasteiger partial charge < -0.3 is 9.88 Å². The molecular weight excluding hydrogens is 265 g/mol. The van der Waals surface area contributed by atoms with Crippen LogP contribution in [0.2, 0.25) is 0 Å². The second-order valence-electron chi connectivity index (χ2n) is 5.21. The Morgan fingerprint density at radius 2 is 1.86 bits per heavy atom. The molecule has 1 heterocycles. The number of aryl methyl sites for hydroxylation is 1. The fourth-order valence-corrected chi connectivity index (χ4v) is 2.55. The molecule has 4 heteroatoms. The molecule has 0 amide bonds. The zero-order valence-electron chi connectivity index (χ0n) is 12.2. The molecule has 3 rings (SSSR count). The van der Waals surface area contributed by atoms with Crippen LogP contribution in [0.3, 0.4) is 0 Å². The number of nitrogens with zero attached hydrogens (tertiary/aromatic N) is 2. The van der Waals surface area contributed by atoms with E-state index in [2.05, 4.69) is 20.9 Å². The highest BCUT2D eigenvalue weighted by Crippen LogP contribution is 2.19. The molecule has 108 valence electrons. The van der Waals surface area contributed by atoms with Gasteiger partial charge in [0.1, 0.15) is 11.6 Å². The van der Waals surface area contributed by atoms with Gasteiger partial charge in [-0.05, 0) is 25.1 Å². The van der Waals surface area contributed by atoms with Crippen molar-refractivity contribution in [2.75, 3.05) is 0 Å². The van der Waals surface area contributed by atoms with Crippen molar-refractivity contribution in [3.63, 3.8) is 0 Å². The third-order valence-corrected chi connectivity index (χ3v) is 3.77. The maximum absolute atomic E-state index is 13.6. The summed E-state index contributed by atoms with van der Waals surface area (Å²) in [5.74, 6) is 0.773. The molecule has 0 aliphatic rings. The van der Waals surface area contributed by atoms with Gasteiger partial charge in [0, 0.05) is 19.2 Å². The van der Waals surface area contributed by atoms with Gasteiger partial charge in [-0.15, -0.1) is 0 Å². The van der Waals surface area contributed by atoms with E-state index in [-0.39, 0.29) is 11.9 Å². The Labute approximate surface area is 123 Å². The number of halogens is 1. The quantitative estimate of drug-likeness (QED) is 0.793. The van der Waals surface area contributed by atoms with Gasteiger partial charge in [-0.2, -0.15) is 0 Å². The maximum Gasteiger partial charge on any atom is 0.127 e. The molecule has 0 radical (unpaired) electrons. The molecule has 21 heavy (non-hydrogen) atoms. The van der Waals surface area contributed by atoms with Crippen LogP contribution < -0.4 is 5.32 Å².